The average Bonchev–Trinajstić information content (AvgIpc) is 2.78. The third-order valence-electron chi connectivity index (χ3n) is 4.46. The minimum Gasteiger partial charge on any atom is -0.396 e. The van der Waals surface area contributed by atoms with Gasteiger partial charge in [-0.1, -0.05) is 27.7 Å². The fourth-order valence-corrected chi connectivity index (χ4v) is 3.37. The van der Waals surface area contributed by atoms with Crippen molar-refractivity contribution in [3.8, 4) is 0 Å². The van der Waals surface area contributed by atoms with Crippen LogP contribution >= 0.6 is 0 Å². The second-order valence-electron chi connectivity index (χ2n) is 7.85. The van der Waals surface area contributed by atoms with Crippen LogP contribution in [0.1, 0.15) is 59.8 Å². The largest absolute Gasteiger partial charge is 0.396 e. The molecular weight excluding hydrogens is 240 g/mol. The highest BCUT2D eigenvalue weighted by atomic mass is 16.3. The van der Waals surface area contributed by atoms with Gasteiger partial charge in [-0.3, -0.25) is 4.79 Å². The second-order valence-corrected chi connectivity index (χ2v) is 7.85. The van der Waals surface area contributed by atoms with Gasteiger partial charge in [0.1, 0.15) is 5.78 Å². The summed E-state index contributed by atoms with van der Waals surface area (Å²) in [6, 6.07) is 0. The fraction of sp³-hybridized carbons (Fsp3) is 0.938. The van der Waals surface area contributed by atoms with Crippen LogP contribution in [0.15, 0.2) is 0 Å². The van der Waals surface area contributed by atoms with E-state index in [-0.39, 0.29) is 23.7 Å². The topological polar surface area (TPSA) is 57.5 Å². The molecule has 0 aromatic rings. The van der Waals surface area contributed by atoms with Gasteiger partial charge in [0.25, 0.3) is 0 Å². The maximum absolute atomic E-state index is 11.1. The summed E-state index contributed by atoms with van der Waals surface area (Å²) in [7, 11) is 0. The molecule has 0 aliphatic heterocycles. The first-order valence-electron chi connectivity index (χ1n) is 7.43. The molecule has 2 saturated carbocycles. The van der Waals surface area contributed by atoms with E-state index < -0.39 is 0 Å². The van der Waals surface area contributed by atoms with Gasteiger partial charge in [0.05, 0.1) is 6.61 Å². The number of aliphatic hydroxyl groups excluding tert-OH is 2. The van der Waals surface area contributed by atoms with Gasteiger partial charge < -0.3 is 10.2 Å². The van der Waals surface area contributed by atoms with E-state index in [4.69, 9.17) is 10.2 Å². The molecule has 0 bridgehead atoms. The lowest BCUT2D eigenvalue weighted by molar-refractivity contribution is -0.121. The molecular formula is C16H30O3. The van der Waals surface area contributed by atoms with E-state index in [1.54, 1.807) is 0 Å². The molecule has 0 aromatic carbocycles. The quantitative estimate of drug-likeness (QED) is 0.811. The number of ketones is 1. The molecule has 0 aromatic heterocycles. The second kappa shape index (κ2) is 6.36. The molecule has 112 valence electrons. The highest BCUT2D eigenvalue weighted by molar-refractivity contribution is 5.84. The molecule has 2 atom stereocenters. The van der Waals surface area contributed by atoms with Crippen LogP contribution in [-0.2, 0) is 4.79 Å². The fourth-order valence-electron chi connectivity index (χ4n) is 3.37. The minimum atomic E-state index is -0.0741. The van der Waals surface area contributed by atoms with Gasteiger partial charge in [-0.05, 0) is 42.4 Å². The van der Waals surface area contributed by atoms with E-state index in [2.05, 4.69) is 27.7 Å². The zero-order chi connectivity index (χ0) is 14.7. The van der Waals surface area contributed by atoms with Crippen molar-refractivity contribution in [2.45, 2.75) is 59.8 Å². The lowest BCUT2D eigenvalue weighted by Crippen LogP contribution is -2.10. The number of aliphatic hydroxyl groups is 2. The zero-order valence-electron chi connectivity index (χ0n) is 12.9. The maximum atomic E-state index is 11.1. The first-order valence-corrected chi connectivity index (χ1v) is 7.43. The summed E-state index contributed by atoms with van der Waals surface area (Å²) < 4.78 is 0. The molecule has 0 spiro atoms. The minimum absolute atomic E-state index is 0.0300. The van der Waals surface area contributed by atoms with Crippen LogP contribution in [0.25, 0.3) is 0 Å². The van der Waals surface area contributed by atoms with Crippen LogP contribution in [0.2, 0.25) is 0 Å². The number of hydrogen-bond donors (Lipinski definition) is 2. The first kappa shape index (κ1) is 16.6. The Morgan fingerprint density at radius 1 is 1.05 bits per heavy atom. The normalized spacial score (nSPS) is 32.0. The highest BCUT2D eigenvalue weighted by Gasteiger charge is 2.37. The Morgan fingerprint density at radius 3 is 1.89 bits per heavy atom. The average molecular weight is 270 g/mol. The zero-order valence-corrected chi connectivity index (χ0v) is 12.9. The molecule has 3 nitrogen and oxygen atoms in total. The smallest absolute Gasteiger partial charge is 0.138 e. The van der Waals surface area contributed by atoms with Crippen molar-refractivity contribution in [1.82, 2.24) is 0 Å². The van der Waals surface area contributed by atoms with E-state index in [1.807, 2.05) is 0 Å². The summed E-state index contributed by atoms with van der Waals surface area (Å²) in [4.78, 5) is 11.1. The monoisotopic (exact) mass is 270 g/mol. The van der Waals surface area contributed by atoms with Gasteiger partial charge in [-0.2, -0.15) is 0 Å². The third-order valence-corrected chi connectivity index (χ3v) is 4.46. The van der Waals surface area contributed by atoms with Crippen molar-refractivity contribution in [1.29, 1.82) is 0 Å². The molecule has 0 saturated heterocycles. The third kappa shape index (κ3) is 5.23. The summed E-state index contributed by atoms with van der Waals surface area (Å²) >= 11 is 0. The van der Waals surface area contributed by atoms with Crippen LogP contribution in [-0.4, -0.2) is 29.2 Å². The van der Waals surface area contributed by atoms with Crippen LogP contribution in [0, 0.1) is 22.7 Å². The molecule has 2 N–H and O–H groups in total. The first-order chi connectivity index (χ1) is 8.69. The van der Waals surface area contributed by atoms with Crippen molar-refractivity contribution in [2.24, 2.45) is 22.7 Å². The van der Waals surface area contributed by atoms with Crippen LogP contribution in [0.3, 0.4) is 0 Å². The van der Waals surface area contributed by atoms with Crippen molar-refractivity contribution >= 4 is 5.78 Å². The number of hydrogen-bond acceptors (Lipinski definition) is 3. The van der Waals surface area contributed by atoms with Gasteiger partial charge in [0.15, 0.2) is 0 Å². The van der Waals surface area contributed by atoms with Gasteiger partial charge in [-0.15, -0.1) is 0 Å². The Bertz CT molecular complexity index is 307. The van der Waals surface area contributed by atoms with E-state index in [9.17, 15) is 4.79 Å². The summed E-state index contributed by atoms with van der Waals surface area (Å²) in [5.74, 6) is 0.752. The van der Waals surface area contributed by atoms with Crippen molar-refractivity contribution < 1.29 is 15.0 Å². The number of rotatable bonds is 2. The molecule has 0 heterocycles. The molecule has 2 aliphatic carbocycles. The Labute approximate surface area is 117 Å². The van der Waals surface area contributed by atoms with E-state index in [1.165, 1.54) is 19.3 Å². The van der Waals surface area contributed by atoms with Crippen molar-refractivity contribution in [3.05, 3.63) is 0 Å². The van der Waals surface area contributed by atoms with Crippen LogP contribution in [0.5, 0.6) is 0 Å². The predicted molar refractivity (Wildman–Crippen MR) is 76.8 cm³/mol. The Hall–Kier alpha value is -0.410. The van der Waals surface area contributed by atoms with E-state index in [0.717, 1.165) is 6.42 Å². The summed E-state index contributed by atoms with van der Waals surface area (Å²) in [5, 5.41) is 17.5. The van der Waals surface area contributed by atoms with E-state index >= 15 is 0 Å². The lowest BCUT2D eigenvalue weighted by Gasteiger charge is -2.15. The standard InChI is InChI=1S/C8H14O2.C8H16O/c1-8(2)3-6(5-9)7(10)4-8;1-8(2)4-3-7(5-8)6-9/h6,9H,3-5H2,1-2H3;7,9H,3-6H2,1-2H3. The summed E-state index contributed by atoms with van der Waals surface area (Å²) in [5.41, 5.74) is 0.637. The molecule has 19 heavy (non-hydrogen) atoms. The molecule has 2 unspecified atom stereocenters. The van der Waals surface area contributed by atoms with Gasteiger partial charge in [0.2, 0.25) is 0 Å². The van der Waals surface area contributed by atoms with Crippen molar-refractivity contribution in [2.75, 3.05) is 13.2 Å². The van der Waals surface area contributed by atoms with Crippen LogP contribution in [0.4, 0.5) is 0 Å². The number of carbonyl (C=O) groups is 1. The number of Topliss-reactive ketones (excluding diaryl/α,β-unsaturated/α-hetero) is 1. The lowest BCUT2D eigenvalue weighted by atomic mass is 9.91. The summed E-state index contributed by atoms with van der Waals surface area (Å²) in [6.45, 7) is 9.12. The predicted octanol–water partition coefficient (Wildman–Crippen LogP) is 2.79. The summed E-state index contributed by atoms with van der Waals surface area (Å²) in [6.07, 6.45) is 5.21. The van der Waals surface area contributed by atoms with Gasteiger partial charge in [0, 0.05) is 18.9 Å². The molecule has 0 amide bonds. The SMILES string of the molecule is CC1(C)CC(=O)C(CO)C1.CC1(C)CCC(CO)C1. The van der Waals surface area contributed by atoms with Crippen molar-refractivity contribution in [3.63, 3.8) is 0 Å². The molecule has 0 radical (unpaired) electrons. The molecule has 3 heteroatoms. The van der Waals surface area contributed by atoms with Crippen LogP contribution < -0.4 is 0 Å². The molecule has 2 fully saturated rings. The van der Waals surface area contributed by atoms with E-state index in [0.29, 0.717) is 24.4 Å². The molecule has 2 aliphatic rings. The number of carbonyl (C=O) groups excluding carboxylic acids is 1. The van der Waals surface area contributed by atoms with Gasteiger partial charge in [-0.25, -0.2) is 0 Å². The Kier molecular flexibility index (Phi) is 5.57. The Balaban J connectivity index is 0.000000191. The molecule has 2 rings (SSSR count). The maximum Gasteiger partial charge on any atom is 0.138 e. The Morgan fingerprint density at radius 2 is 1.68 bits per heavy atom. The highest BCUT2D eigenvalue weighted by Crippen LogP contribution is 2.40. The van der Waals surface area contributed by atoms with Gasteiger partial charge >= 0.3 is 0 Å².